The van der Waals surface area contributed by atoms with Crippen LogP contribution < -0.4 is 5.32 Å². The van der Waals surface area contributed by atoms with Crippen LogP contribution in [0.15, 0.2) is 18.2 Å². The fourth-order valence-corrected chi connectivity index (χ4v) is 1.77. The summed E-state index contributed by atoms with van der Waals surface area (Å²) in [6.45, 7) is 4.28. The van der Waals surface area contributed by atoms with Gasteiger partial charge in [-0.05, 0) is 25.7 Å². The van der Waals surface area contributed by atoms with Gasteiger partial charge in [-0.25, -0.2) is 0 Å². The third kappa shape index (κ3) is 4.71. The van der Waals surface area contributed by atoms with Gasteiger partial charge < -0.3 is 15.1 Å². The van der Waals surface area contributed by atoms with Gasteiger partial charge >= 0.3 is 0 Å². The van der Waals surface area contributed by atoms with E-state index in [1.807, 2.05) is 14.0 Å². The number of hydrogen-bond acceptors (Lipinski definition) is 5. The molecule has 1 amide bonds. The lowest BCUT2D eigenvalue weighted by Crippen LogP contribution is -2.25. The number of hydrogen-bond donors (Lipinski definition) is 1. The number of amides is 1. The zero-order chi connectivity index (χ0) is 16.0. The van der Waals surface area contributed by atoms with Crippen LogP contribution >= 0.6 is 0 Å². The number of nitrogens with zero attached hydrogens (tertiary/aromatic N) is 3. The zero-order valence-corrected chi connectivity index (χ0v) is 12.9. The van der Waals surface area contributed by atoms with Crippen LogP contribution in [0, 0.1) is 10.1 Å². The summed E-state index contributed by atoms with van der Waals surface area (Å²) < 4.78 is 0. The molecule has 7 nitrogen and oxygen atoms in total. The van der Waals surface area contributed by atoms with Crippen LogP contribution in [0.3, 0.4) is 0 Å². The molecule has 0 bridgehead atoms. The Bertz CT molecular complexity index is 517. The zero-order valence-electron chi connectivity index (χ0n) is 12.9. The Kier molecular flexibility index (Phi) is 6.10. The molecule has 0 fully saturated rings. The topological polar surface area (TPSA) is 78.7 Å². The number of benzene rings is 1. The smallest absolute Gasteiger partial charge is 0.292 e. The minimum absolute atomic E-state index is 0.0237. The summed E-state index contributed by atoms with van der Waals surface area (Å²) in [5.41, 5.74) is 0.776. The molecule has 116 valence electrons. The van der Waals surface area contributed by atoms with Crippen LogP contribution in [-0.4, -0.2) is 61.4 Å². The third-order valence-electron chi connectivity index (χ3n) is 3.20. The maximum absolute atomic E-state index is 11.9. The van der Waals surface area contributed by atoms with Gasteiger partial charge in [-0.1, -0.05) is 6.92 Å². The van der Waals surface area contributed by atoms with Crippen LogP contribution in [0.1, 0.15) is 17.3 Å². The lowest BCUT2D eigenvalue weighted by atomic mass is 10.1. The van der Waals surface area contributed by atoms with Crippen LogP contribution in [-0.2, 0) is 0 Å². The monoisotopic (exact) mass is 294 g/mol. The Morgan fingerprint density at radius 1 is 1.33 bits per heavy atom. The molecule has 0 aliphatic carbocycles. The molecule has 1 aromatic carbocycles. The Morgan fingerprint density at radius 3 is 2.52 bits per heavy atom. The summed E-state index contributed by atoms with van der Waals surface area (Å²) in [7, 11) is 5.27. The maximum Gasteiger partial charge on any atom is 0.292 e. The minimum Gasteiger partial charge on any atom is -0.378 e. The van der Waals surface area contributed by atoms with E-state index in [-0.39, 0.29) is 11.6 Å². The van der Waals surface area contributed by atoms with Gasteiger partial charge in [0.1, 0.15) is 5.69 Å². The van der Waals surface area contributed by atoms with Crippen molar-refractivity contribution in [3.05, 3.63) is 33.9 Å². The molecule has 1 N–H and O–H groups in total. The first-order valence-corrected chi connectivity index (χ1v) is 6.79. The molecule has 0 radical (unpaired) electrons. The minimum atomic E-state index is -0.449. The van der Waals surface area contributed by atoms with Crippen molar-refractivity contribution in [2.75, 3.05) is 46.1 Å². The lowest BCUT2D eigenvalue weighted by Gasteiger charge is -2.15. The molecule has 7 heteroatoms. The standard InChI is InChI=1S/C14H22N4O3/c1-5-17(4)9-8-15-12-10-11(14(19)16(2)3)6-7-13(12)18(20)21/h6-7,10,15H,5,8-9H2,1-4H3. The van der Waals surface area contributed by atoms with E-state index in [1.165, 1.54) is 23.1 Å². The normalized spacial score (nSPS) is 10.5. The van der Waals surface area contributed by atoms with Gasteiger partial charge in [-0.3, -0.25) is 14.9 Å². The lowest BCUT2D eigenvalue weighted by molar-refractivity contribution is -0.384. The second-order valence-electron chi connectivity index (χ2n) is 5.01. The number of carbonyl (C=O) groups excluding carboxylic acids is 1. The molecule has 0 aromatic heterocycles. The van der Waals surface area contributed by atoms with Crippen LogP contribution in [0.25, 0.3) is 0 Å². The molecule has 1 aromatic rings. The van der Waals surface area contributed by atoms with Crippen molar-refractivity contribution in [1.29, 1.82) is 0 Å². The number of nitro groups is 1. The van der Waals surface area contributed by atoms with Crippen molar-refractivity contribution < 1.29 is 9.72 Å². The average Bonchev–Trinajstić information content (AvgIpc) is 2.45. The number of nitrogens with one attached hydrogen (secondary N) is 1. The summed E-state index contributed by atoms with van der Waals surface area (Å²) in [5.74, 6) is -0.182. The van der Waals surface area contributed by atoms with Crippen LogP contribution in [0.5, 0.6) is 0 Å². The Labute approximate surface area is 124 Å². The summed E-state index contributed by atoms with van der Waals surface area (Å²) in [6, 6.07) is 4.37. The van der Waals surface area contributed by atoms with Crippen molar-refractivity contribution in [2.24, 2.45) is 0 Å². The molecule has 0 heterocycles. The van der Waals surface area contributed by atoms with Crippen LogP contribution in [0.4, 0.5) is 11.4 Å². The van der Waals surface area contributed by atoms with Crippen molar-refractivity contribution in [3.63, 3.8) is 0 Å². The van der Waals surface area contributed by atoms with E-state index < -0.39 is 4.92 Å². The molecule has 0 spiro atoms. The first kappa shape index (κ1) is 16.9. The summed E-state index contributed by atoms with van der Waals surface area (Å²) in [5, 5.41) is 14.1. The Balaban J connectivity index is 2.94. The highest BCUT2D eigenvalue weighted by atomic mass is 16.6. The number of rotatable bonds is 7. The quantitative estimate of drug-likeness (QED) is 0.611. The predicted molar refractivity (Wildman–Crippen MR) is 82.8 cm³/mol. The highest BCUT2D eigenvalue weighted by Gasteiger charge is 2.17. The Morgan fingerprint density at radius 2 is 2.00 bits per heavy atom. The van der Waals surface area contributed by atoms with E-state index in [9.17, 15) is 14.9 Å². The molecular weight excluding hydrogens is 272 g/mol. The number of carbonyl (C=O) groups is 1. The molecule has 1 rings (SSSR count). The average molecular weight is 294 g/mol. The van der Waals surface area contributed by atoms with Crippen molar-refractivity contribution >= 4 is 17.3 Å². The van der Waals surface area contributed by atoms with Gasteiger partial charge in [0.15, 0.2) is 0 Å². The summed E-state index contributed by atoms with van der Waals surface area (Å²) in [4.78, 5) is 26.1. The van der Waals surface area contributed by atoms with Gasteiger partial charge in [0.05, 0.1) is 4.92 Å². The second-order valence-corrected chi connectivity index (χ2v) is 5.01. The molecule has 0 saturated carbocycles. The first-order valence-electron chi connectivity index (χ1n) is 6.79. The van der Waals surface area contributed by atoms with Gasteiger partial charge in [-0.15, -0.1) is 0 Å². The van der Waals surface area contributed by atoms with Gasteiger partial charge in [0.25, 0.3) is 11.6 Å². The van der Waals surface area contributed by atoms with Crippen molar-refractivity contribution in [3.8, 4) is 0 Å². The third-order valence-corrected chi connectivity index (χ3v) is 3.20. The van der Waals surface area contributed by atoms with E-state index in [0.29, 0.717) is 17.8 Å². The SMILES string of the molecule is CCN(C)CCNc1cc(C(=O)N(C)C)ccc1[N+](=O)[O-]. The fourth-order valence-electron chi connectivity index (χ4n) is 1.77. The van der Waals surface area contributed by atoms with E-state index in [1.54, 1.807) is 14.1 Å². The van der Waals surface area contributed by atoms with Crippen molar-refractivity contribution in [1.82, 2.24) is 9.80 Å². The number of anilines is 1. The van der Waals surface area contributed by atoms with Crippen molar-refractivity contribution in [2.45, 2.75) is 6.92 Å². The maximum atomic E-state index is 11.9. The second kappa shape index (κ2) is 7.58. The van der Waals surface area contributed by atoms with E-state index in [0.717, 1.165) is 13.1 Å². The highest BCUT2D eigenvalue weighted by molar-refractivity contribution is 5.95. The largest absolute Gasteiger partial charge is 0.378 e. The summed E-state index contributed by atoms with van der Waals surface area (Å²) >= 11 is 0. The number of nitro benzene ring substituents is 1. The molecule has 0 atom stereocenters. The molecule has 0 aliphatic heterocycles. The molecule has 21 heavy (non-hydrogen) atoms. The fraction of sp³-hybridized carbons (Fsp3) is 0.500. The Hall–Kier alpha value is -2.15. The first-order chi connectivity index (χ1) is 9.86. The molecule has 0 aliphatic rings. The molecule has 0 saturated heterocycles. The number of likely N-dealkylation sites (N-methyl/N-ethyl adjacent to an activating group) is 1. The molecular formula is C14H22N4O3. The molecule has 0 unspecified atom stereocenters. The highest BCUT2D eigenvalue weighted by Crippen LogP contribution is 2.25. The van der Waals surface area contributed by atoms with E-state index in [4.69, 9.17) is 0 Å². The van der Waals surface area contributed by atoms with Gasteiger partial charge in [0.2, 0.25) is 0 Å². The van der Waals surface area contributed by atoms with Crippen LogP contribution in [0.2, 0.25) is 0 Å². The predicted octanol–water partition coefficient (Wildman–Crippen LogP) is 1.66. The van der Waals surface area contributed by atoms with E-state index in [2.05, 4.69) is 10.2 Å². The van der Waals surface area contributed by atoms with Gasteiger partial charge in [0, 0.05) is 38.8 Å². The summed E-state index contributed by atoms with van der Waals surface area (Å²) in [6.07, 6.45) is 0. The van der Waals surface area contributed by atoms with E-state index >= 15 is 0 Å². The van der Waals surface area contributed by atoms with Gasteiger partial charge in [-0.2, -0.15) is 0 Å².